The average molecular weight is 248 g/mol. The van der Waals surface area contributed by atoms with Gasteiger partial charge in [0.25, 0.3) is 0 Å². The van der Waals surface area contributed by atoms with Crippen molar-refractivity contribution in [2.24, 2.45) is 17.8 Å². The molecule has 0 spiro atoms. The predicted octanol–water partition coefficient (Wildman–Crippen LogP) is 4.91. The lowest BCUT2D eigenvalue weighted by molar-refractivity contribution is 0.0660. The standard InChI is InChI=1S/C17H28O/c1-14(2)10-11-17(15(3)4)13-18-12-16-8-6-5-7-9-16/h5-9,14-15,17H,10-13H2,1-4H3. The lowest BCUT2D eigenvalue weighted by atomic mass is 9.89. The molecular weight excluding hydrogens is 220 g/mol. The van der Waals surface area contributed by atoms with E-state index in [0.29, 0.717) is 11.8 Å². The van der Waals surface area contributed by atoms with Gasteiger partial charge in [-0.05, 0) is 29.7 Å². The van der Waals surface area contributed by atoms with Gasteiger partial charge >= 0.3 is 0 Å². The summed E-state index contributed by atoms with van der Waals surface area (Å²) in [5, 5.41) is 0. The van der Waals surface area contributed by atoms with Crippen molar-refractivity contribution in [2.45, 2.75) is 47.1 Å². The molecule has 0 heterocycles. The summed E-state index contributed by atoms with van der Waals surface area (Å²) in [5.41, 5.74) is 1.27. The smallest absolute Gasteiger partial charge is 0.0717 e. The van der Waals surface area contributed by atoms with Crippen LogP contribution >= 0.6 is 0 Å². The van der Waals surface area contributed by atoms with Crippen LogP contribution in [0.5, 0.6) is 0 Å². The minimum Gasteiger partial charge on any atom is -0.376 e. The molecule has 0 radical (unpaired) electrons. The zero-order chi connectivity index (χ0) is 13.4. The molecule has 0 aromatic heterocycles. The van der Waals surface area contributed by atoms with Crippen LogP contribution in [-0.4, -0.2) is 6.61 Å². The predicted molar refractivity (Wildman–Crippen MR) is 78.5 cm³/mol. The van der Waals surface area contributed by atoms with E-state index < -0.39 is 0 Å². The molecule has 1 heteroatoms. The molecule has 0 saturated carbocycles. The maximum Gasteiger partial charge on any atom is 0.0717 e. The summed E-state index contributed by atoms with van der Waals surface area (Å²) in [4.78, 5) is 0. The van der Waals surface area contributed by atoms with Crippen LogP contribution in [0.2, 0.25) is 0 Å². The zero-order valence-electron chi connectivity index (χ0n) is 12.4. The van der Waals surface area contributed by atoms with E-state index in [1.165, 1.54) is 18.4 Å². The number of hydrogen-bond donors (Lipinski definition) is 0. The Morgan fingerprint density at radius 3 is 2.17 bits per heavy atom. The van der Waals surface area contributed by atoms with Gasteiger partial charge < -0.3 is 4.74 Å². The highest BCUT2D eigenvalue weighted by Gasteiger charge is 2.14. The van der Waals surface area contributed by atoms with Crippen molar-refractivity contribution >= 4 is 0 Å². The molecule has 1 aromatic rings. The van der Waals surface area contributed by atoms with Crippen molar-refractivity contribution in [3.8, 4) is 0 Å². The fourth-order valence-electron chi connectivity index (χ4n) is 2.06. The summed E-state index contributed by atoms with van der Waals surface area (Å²) in [6, 6.07) is 10.4. The lowest BCUT2D eigenvalue weighted by Crippen LogP contribution is -2.16. The van der Waals surface area contributed by atoms with E-state index in [9.17, 15) is 0 Å². The maximum atomic E-state index is 5.88. The van der Waals surface area contributed by atoms with Gasteiger partial charge in [-0.3, -0.25) is 0 Å². The topological polar surface area (TPSA) is 9.23 Å². The van der Waals surface area contributed by atoms with Gasteiger partial charge in [-0.15, -0.1) is 0 Å². The largest absolute Gasteiger partial charge is 0.376 e. The highest BCUT2D eigenvalue weighted by Crippen LogP contribution is 2.20. The van der Waals surface area contributed by atoms with Crippen LogP contribution in [0.15, 0.2) is 30.3 Å². The van der Waals surface area contributed by atoms with Crippen molar-refractivity contribution in [3.05, 3.63) is 35.9 Å². The van der Waals surface area contributed by atoms with Gasteiger partial charge in [-0.1, -0.05) is 64.4 Å². The first kappa shape index (κ1) is 15.2. The monoisotopic (exact) mass is 248 g/mol. The van der Waals surface area contributed by atoms with E-state index in [1.54, 1.807) is 0 Å². The van der Waals surface area contributed by atoms with E-state index in [1.807, 2.05) is 6.07 Å². The van der Waals surface area contributed by atoms with Crippen molar-refractivity contribution in [2.75, 3.05) is 6.61 Å². The van der Waals surface area contributed by atoms with Crippen molar-refractivity contribution in [1.82, 2.24) is 0 Å². The van der Waals surface area contributed by atoms with Crippen molar-refractivity contribution < 1.29 is 4.74 Å². The van der Waals surface area contributed by atoms with Crippen LogP contribution in [-0.2, 0) is 11.3 Å². The van der Waals surface area contributed by atoms with Gasteiger partial charge in [-0.2, -0.15) is 0 Å². The van der Waals surface area contributed by atoms with E-state index >= 15 is 0 Å². The third-order valence-corrected chi connectivity index (χ3v) is 3.50. The van der Waals surface area contributed by atoms with Crippen molar-refractivity contribution in [1.29, 1.82) is 0 Å². The average Bonchev–Trinajstić information content (AvgIpc) is 2.34. The SMILES string of the molecule is CC(C)CCC(COCc1ccccc1)C(C)C. The Labute approximate surface area is 113 Å². The minimum absolute atomic E-state index is 0.691. The normalized spacial score (nSPS) is 13.2. The highest BCUT2D eigenvalue weighted by atomic mass is 16.5. The van der Waals surface area contributed by atoms with Crippen LogP contribution in [0.4, 0.5) is 0 Å². The second-order valence-corrected chi connectivity index (χ2v) is 5.98. The van der Waals surface area contributed by atoms with Crippen LogP contribution < -0.4 is 0 Å². The fourth-order valence-corrected chi connectivity index (χ4v) is 2.06. The molecule has 0 aliphatic carbocycles. The quantitative estimate of drug-likeness (QED) is 0.635. The molecule has 0 N–H and O–H groups in total. The Balaban J connectivity index is 2.29. The Morgan fingerprint density at radius 1 is 0.944 bits per heavy atom. The number of ether oxygens (including phenoxy) is 1. The van der Waals surface area contributed by atoms with Crippen LogP contribution in [0.3, 0.4) is 0 Å². The van der Waals surface area contributed by atoms with Gasteiger partial charge in [0.05, 0.1) is 13.2 Å². The number of benzene rings is 1. The van der Waals surface area contributed by atoms with Gasteiger partial charge in [0.1, 0.15) is 0 Å². The van der Waals surface area contributed by atoms with Gasteiger partial charge in [0.2, 0.25) is 0 Å². The van der Waals surface area contributed by atoms with Crippen LogP contribution in [0.25, 0.3) is 0 Å². The second-order valence-electron chi connectivity index (χ2n) is 5.98. The third kappa shape index (κ3) is 6.20. The molecule has 1 nitrogen and oxygen atoms in total. The summed E-state index contributed by atoms with van der Waals surface area (Å²) in [5.74, 6) is 2.19. The first-order valence-corrected chi connectivity index (χ1v) is 7.21. The molecule has 102 valence electrons. The molecule has 1 atom stereocenters. The molecule has 0 aliphatic rings. The molecule has 0 amide bonds. The van der Waals surface area contributed by atoms with Gasteiger partial charge in [-0.25, -0.2) is 0 Å². The Bertz CT molecular complexity index is 303. The molecular formula is C17H28O. The summed E-state index contributed by atoms with van der Waals surface area (Å²) >= 11 is 0. The van der Waals surface area contributed by atoms with E-state index in [2.05, 4.69) is 52.0 Å². The Kier molecular flexibility index (Phi) is 7.04. The molecule has 1 aromatic carbocycles. The summed E-state index contributed by atoms with van der Waals surface area (Å²) in [6.07, 6.45) is 2.58. The fraction of sp³-hybridized carbons (Fsp3) is 0.647. The second kappa shape index (κ2) is 8.31. The highest BCUT2D eigenvalue weighted by molar-refractivity contribution is 5.13. The van der Waals surface area contributed by atoms with E-state index in [0.717, 1.165) is 19.1 Å². The molecule has 1 rings (SSSR count). The van der Waals surface area contributed by atoms with E-state index in [-0.39, 0.29) is 0 Å². The molecule has 0 saturated heterocycles. The summed E-state index contributed by atoms with van der Waals surface area (Å²) in [7, 11) is 0. The van der Waals surface area contributed by atoms with Crippen molar-refractivity contribution in [3.63, 3.8) is 0 Å². The van der Waals surface area contributed by atoms with Gasteiger partial charge in [0.15, 0.2) is 0 Å². The third-order valence-electron chi connectivity index (χ3n) is 3.50. The molecule has 18 heavy (non-hydrogen) atoms. The molecule has 0 aliphatic heterocycles. The molecule has 1 unspecified atom stereocenters. The summed E-state index contributed by atoms with van der Waals surface area (Å²) < 4.78 is 5.88. The minimum atomic E-state index is 0.691. The Hall–Kier alpha value is -0.820. The number of rotatable bonds is 8. The molecule has 0 bridgehead atoms. The lowest BCUT2D eigenvalue weighted by Gasteiger charge is -2.21. The first-order valence-electron chi connectivity index (χ1n) is 7.21. The van der Waals surface area contributed by atoms with Crippen LogP contribution in [0, 0.1) is 17.8 Å². The van der Waals surface area contributed by atoms with E-state index in [4.69, 9.17) is 4.74 Å². The number of hydrogen-bond acceptors (Lipinski definition) is 1. The van der Waals surface area contributed by atoms with Crippen LogP contribution in [0.1, 0.15) is 46.1 Å². The molecule has 0 fully saturated rings. The maximum absolute atomic E-state index is 5.88. The zero-order valence-corrected chi connectivity index (χ0v) is 12.4. The van der Waals surface area contributed by atoms with Gasteiger partial charge in [0, 0.05) is 0 Å². The Morgan fingerprint density at radius 2 is 1.61 bits per heavy atom. The summed E-state index contributed by atoms with van der Waals surface area (Å²) in [6.45, 7) is 10.8. The first-order chi connectivity index (χ1) is 8.59.